The average Bonchev–Trinajstić information content (AvgIpc) is 3.01. The summed E-state index contributed by atoms with van der Waals surface area (Å²) in [6.07, 6.45) is 2.05. The fourth-order valence-electron chi connectivity index (χ4n) is 4.45. The van der Waals surface area contributed by atoms with Gasteiger partial charge < -0.3 is 21.3 Å². The van der Waals surface area contributed by atoms with Gasteiger partial charge in [-0.05, 0) is 72.5 Å². The first kappa shape index (κ1) is 25.5. The van der Waals surface area contributed by atoms with Crippen LogP contribution in [0, 0.1) is 0 Å². The summed E-state index contributed by atoms with van der Waals surface area (Å²) in [5.41, 5.74) is 7.15. The van der Waals surface area contributed by atoms with E-state index >= 15 is 0 Å². The van der Waals surface area contributed by atoms with Crippen molar-refractivity contribution in [3.05, 3.63) is 81.8 Å². The predicted octanol–water partition coefficient (Wildman–Crippen LogP) is 4.37. The third-order valence-electron chi connectivity index (χ3n) is 6.38. The Morgan fingerprint density at radius 1 is 1.09 bits per heavy atom. The molecule has 0 spiro atoms. The molecule has 0 saturated carbocycles. The smallest absolute Gasteiger partial charge is 0.251 e. The van der Waals surface area contributed by atoms with Gasteiger partial charge in [-0.3, -0.25) is 9.59 Å². The minimum absolute atomic E-state index is 0.0119. The van der Waals surface area contributed by atoms with Crippen molar-refractivity contribution in [1.82, 2.24) is 15.5 Å². The molecule has 1 heterocycles. The fraction of sp³-hybridized carbons (Fsp3) is 0.333. The monoisotopic (exact) mass is 512 g/mol. The number of amides is 2. The molecule has 3 aromatic rings. The van der Waals surface area contributed by atoms with Crippen LogP contribution in [0.4, 0.5) is 0 Å². The van der Waals surface area contributed by atoms with Crippen LogP contribution < -0.4 is 16.4 Å². The molecule has 0 aliphatic carbocycles. The first-order valence-corrected chi connectivity index (χ1v) is 12.7. The number of fused-ring (bicyclic) bond motifs is 1. The largest absolute Gasteiger partial charge is 0.350 e. The van der Waals surface area contributed by atoms with Gasteiger partial charge in [0.1, 0.15) is 0 Å². The number of carbonyl (C=O) groups is 2. The number of hydrogen-bond acceptors (Lipinski definition) is 4. The number of nitrogens with two attached hydrogens (primary N) is 1. The molecule has 1 aliphatic heterocycles. The van der Waals surface area contributed by atoms with E-state index in [1.807, 2.05) is 47.4 Å². The first-order valence-electron chi connectivity index (χ1n) is 11.9. The van der Waals surface area contributed by atoms with E-state index in [9.17, 15) is 9.59 Å². The zero-order valence-electron chi connectivity index (χ0n) is 19.5. The van der Waals surface area contributed by atoms with Gasteiger partial charge in [-0.2, -0.15) is 0 Å². The summed E-state index contributed by atoms with van der Waals surface area (Å²) in [6, 6.07) is 18.5. The van der Waals surface area contributed by atoms with Crippen LogP contribution in [0.3, 0.4) is 0 Å². The molecule has 4 N–H and O–H groups in total. The molecule has 2 atom stereocenters. The fourth-order valence-corrected chi connectivity index (χ4v) is 4.82. The lowest BCUT2D eigenvalue weighted by atomic mass is 10.1. The molecular formula is C27H30Cl2N4O2. The molecule has 1 aliphatic rings. The average molecular weight is 513 g/mol. The van der Waals surface area contributed by atoms with E-state index in [2.05, 4.69) is 10.6 Å². The molecule has 35 heavy (non-hydrogen) atoms. The number of rotatable bonds is 8. The molecule has 1 saturated heterocycles. The lowest BCUT2D eigenvalue weighted by Gasteiger charge is -2.25. The molecule has 0 bridgehead atoms. The standard InChI is InChI=1S/C27H30Cl2N4O2/c28-22-9-10-24(29)21(15-22)17-33-13-11-23(32-25(27(33)35)6-3-12-30)16-31-26(34)20-8-7-18-4-1-2-5-19(18)14-20/h1-2,4-5,7-10,14-15,23,25,32H,3,6,11-13,16-17,30H2,(H,31,34)/t23?,25-/m0/s1. The maximum Gasteiger partial charge on any atom is 0.251 e. The van der Waals surface area contributed by atoms with Gasteiger partial charge in [0.05, 0.1) is 6.04 Å². The normalized spacial score (nSPS) is 18.5. The third kappa shape index (κ3) is 6.53. The number of carbonyl (C=O) groups excluding carboxylic acids is 2. The summed E-state index contributed by atoms with van der Waals surface area (Å²) in [4.78, 5) is 28.0. The Morgan fingerprint density at radius 2 is 1.89 bits per heavy atom. The maximum atomic E-state index is 13.3. The third-order valence-corrected chi connectivity index (χ3v) is 6.98. The number of hydrogen-bond donors (Lipinski definition) is 3. The van der Waals surface area contributed by atoms with Gasteiger partial charge in [-0.1, -0.05) is 53.5 Å². The second kappa shape index (κ2) is 11.9. The molecular weight excluding hydrogens is 483 g/mol. The van der Waals surface area contributed by atoms with E-state index in [1.54, 1.807) is 18.2 Å². The molecule has 1 fully saturated rings. The van der Waals surface area contributed by atoms with Gasteiger partial charge in [0.25, 0.3) is 5.91 Å². The van der Waals surface area contributed by atoms with E-state index < -0.39 is 0 Å². The van der Waals surface area contributed by atoms with E-state index in [0.717, 1.165) is 22.8 Å². The van der Waals surface area contributed by atoms with Crippen LogP contribution in [0.15, 0.2) is 60.7 Å². The molecule has 0 radical (unpaired) electrons. The van der Waals surface area contributed by atoms with Gasteiger partial charge in [0.2, 0.25) is 5.91 Å². The van der Waals surface area contributed by atoms with Crippen LogP contribution in [0.25, 0.3) is 10.8 Å². The molecule has 8 heteroatoms. The van der Waals surface area contributed by atoms with Crippen LogP contribution in [0.2, 0.25) is 10.0 Å². The van der Waals surface area contributed by atoms with Crippen molar-refractivity contribution in [1.29, 1.82) is 0 Å². The number of halogens is 2. The van der Waals surface area contributed by atoms with E-state index in [4.69, 9.17) is 28.9 Å². The SMILES string of the molecule is NCCC[C@@H]1NC(CNC(=O)c2ccc3ccccc3c2)CCN(Cc2cc(Cl)ccc2Cl)C1=O. The molecule has 6 nitrogen and oxygen atoms in total. The van der Waals surface area contributed by atoms with E-state index in [0.29, 0.717) is 54.6 Å². The zero-order valence-corrected chi connectivity index (χ0v) is 21.0. The lowest BCUT2D eigenvalue weighted by molar-refractivity contribution is -0.133. The van der Waals surface area contributed by atoms with Gasteiger partial charge in [0.15, 0.2) is 0 Å². The quantitative estimate of drug-likeness (QED) is 0.418. The minimum atomic E-state index is -0.374. The highest BCUT2D eigenvalue weighted by atomic mass is 35.5. The van der Waals surface area contributed by atoms with Gasteiger partial charge in [0, 0.05) is 41.3 Å². The summed E-state index contributed by atoms with van der Waals surface area (Å²) in [7, 11) is 0. The Labute approximate surface area is 215 Å². The maximum absolute atomic E-state index is 13.3. The zero-order chi connectivity index (χ0) is 24.8. The van der Waals surface area contributed by atoms with Crippen LogP contribution >= 0.6 is 23.2 Å². The summed E-state index contributed by atoms with van der Waals surface area (Å²) in [5.74, 6) is -0.118. The molecule has 3 aromatic carbocycles. The highest BCUT2D eigenvalue weighted by molar-refractivity contribution is 6.33. The van der Waals surface area contributed by atoms with Crippen molar-refractivity contribution in [2.45, 2.75) is 37.9 Å². The van der Waals surface area contributed by atoms with Crippen molar-refractivity contribution in [3.8, 4) is 0 Å². The Hall–Kier alpha value is -2.64. The Kier molecular flexibility index (Phi) is 8.63. The van der Waals surface area contributed by atoms with Crippen molar-refractivity contribution in [3.63, 3.8) is 0 Å². The lowest BCUT2D eigenvalue weighted by Crippen LogP contribution is -2.48. The van der Waals surface area contributed by atoms with E-state index in [1.165, 1.54) is 0 Å². The van der Waals surface area contributed by atoms with E-state index in [-0.39, 0.29) is 23.9 Å². The van der Waals surface area contributed by atoms with Crippen molar-refractivity contribution in [2.24, 2.45) is 5.73 Å². The first-order chi connectivity index (χ1) is 16.9. The van der Waals surface area contributed by atoms with Gasteiger partial charge >= 0.3 is 0 Å². The molecule has 0 aromatic heterocycles. The van der Waals surface area contributed by atoms with Gasteiger partial charge in [-0.15, -0.1) is 0 Å². The van der Waals surface area contributed by atoms with Crippen LogP contribution in [0.1, 0.15) is 35.2 Å². The second-order valence-electron chi connectivity index (χ2n) is 8.90. The van der Waals surface area contributed by atoms with Crippen molar-refractivity contribution in [2.75, 3.05) is 19.6 Å². The Bertz CT molecular complexity index is 1200. The highest BCUT2D eigenvalue weighted by Crippen LogP contribution is 2.24. The predicted molar refractivity (Wildman–Crippen MR) is 142 cm³/mol. The second-order valence-corrected chi connectivity index (χ2v) is 9.75. The molecule has 1 unspecified atom stereocenters. The Morgan fingerprint density at radius 3 is 2.69 bits per heavy atom. The summed E-state index contributed by atoms with van der Waals surface area (Å²) >= 11 is 12.5. The number of nitrogens with one attached hydrogen (secondary N) is 2. The summed E-state index contributed by atoms with van der Waals surface area (Å²) < 4.78 is 0. The number of nitrogens with zero attached hydrogens (tertiary/aromatic N) is 1. The van der Waals surface area contributed by atoms with Crippen LogP contribution in [-0.4, -0.2) is 48.4 Å². The van der Waals surface area contributed by atoms with Crippen molar-refractivity contribution >= 4 is 45.8 Å². The minimum Gasteiger partial charge on any atom is -0.350 e. The summed E-state index contributed by atoms with van der Waals surface area (Å²) in [6.45, 7) is 1.86. The van der Waals surface area contributed by atoms with Crippen molar-refractivity contribution < 1.29 is 9.59 Å². The molecule has 2 amide bonds. The van der Waals surface area contributed by atoms with Crippen LogP contribution in [-0.2, 0) is 11.3 Å². The van der Waals surface area contributed by atoms with Crippen LogP contribution in [0.5, 0.6) is 0 Å². The Balaban J connectivity index is 1.43. The number of benzene rings is 3. The summed E-state index contributed by atoms with van der Waals surface area (Å²) in [5, 5.41) is 9.78. The highest BCUT2D eigenvalue weighted by Gasteiger charge is 2.31. The molecule has 184 valence electrons. The van der Waals surface area contributed by atoms with Gasteiger partial charge in [-0.25, -0.2) is 0 Å². The molecule has 4 rings (SSSR count). The topological polar surface area (TPSA) is 87.5 Å².